The van der Waals surface area contributed by atoms with Crippen molar-refractivity contribution in [3.63, 3.8) is 0 Å². The van der Waals surface area contributed by atoms with Gasteiger partial charge in [0.05, 0.1) is 18.1 Å². The maximum Gasteiger partial charge on any atom is 0.241 e. The summed E-state index contributed by atoms with van der Waals surface area (Å²) in [6.07, 6.45) is 0.102. The number of benzene rings is 2. The number of hydrogen-bond acceptors (Lipinski definition) is 4. The fourth-order valence-corrected chi connectivity index (χ4v) is 3.81. The lowest BCUT2D eigenvalue weighted by atomic mass is 10.1. The second kappa shape index (κ2) is 7.89. The quantitative estimate of drug-likeness (QED) is 0.817. The Bertz CT molecular complexity index is 827. The predicted molar refractivity (Wildman–Crippen MR) is 98.7 cm³/mol. The summed E-state index contributed by atoms with van der Waals surface area (Å²) >= 11 is 0. The topological polar surface area (TPSA) is 64.6 Å². The largest absolute Gasteiger partial charge is 0.496 e. The van der Waals surface area contributed by atoms with E-state index in [4.69, 9.17) is 9.47 Å². The fourth-order valence-electron chi connectivity index (χ4n) is 2.50. The summed E-state index contributed by atoms with van der Waals surface area (Å²) in [5.74, 6) is 1.44. The Morgan fingerprint density at radius 3 is 2.20 bits per heavy atom. The number of nitrogens with one attached hydrogen (secondary N) is 1. The van der Waals surface area contributed by atoms with E-state index in [9.17, 15) is 8.42 Å². The Balaban J connectivity index is 2.13. The van der Waals surface area contributed by atoms with Crippen molar-refractivity contribution in [2.45, 2.75) is 45.2 Å². The van der Waals surface area contributed by atoms with Gasteiger partial charge in [-0.25, -0.2) is 13.1 Å². The van der Waals surface area contributed by atoms with Crippen LogP contribution in [0.3, 0.4) is 0 Å². The van der Waals surface area contributed by atoms with Crippen LogP contribution in [0.15, 0.2) is 41.3 Å². The van der Waals surface area contributed by atoms with Gasteiger partial charge in [-0.2, -0.15) is 0 Å². The third-order valence-electron chi connectivity index (χ3n) is 3.96. The fraction of sp³-hybridized carbons (Fsp3) is 0.368. The molecule has 0 spiro atoms. The molecule has 0 radical (unpaired) electrons. The normalized spacial score (nSPS) is 11.6. The standard InChI is InChI=1S/C19H25NO4S/c1-13(2)24-17-8-6-16(7-9-17)12-20-25(21,22)19-11-10-18(23-5)14(3)15(19)4/h6-11,13,20H,12H2,1-5H3. The van der Waals surface area contributed by atoms with Gasteiger partial charge in [0.1, 0.15) is 11.5 Å². The highest BCUT2D eigenvalue weighted by atomic mass is 32.2. The van der Waals surface area contributed by atoms with E-state index in [0.717, 1.165) is 16.9 Å². The monoisotopic (exact) mass is 363 g/mol. The van der Waals surface area contributed by atoms with Gasteiger partial charge in [0.15, 0.2) is 0 Å². The van der Waals surface area contributed by atoms with Crippen LogP contribution in [-0.2, 0) is 16.6 Å². The molecule has 0 fully saturated rings. The molecule has 0 unspecified atom stereocenters. The van der Waals surface area contributed by atoms with Gasteiger partial charge in [0.25, 0.3) is 0 Å². The minimum absolute atomic E-state index is 0.102. The van der Waals surface area contributed by atoms with Gasteiger partial charge in [-0.15, -0.1) is 0 Å². The van der Waals surface area contributed by atoms with E-state index < -0.39 is 10.0 Å². The molecule has 1 N–H and O–H groups in total. The molecule has 2 aromatic carbocycles. The molecule has 0 aliphatic rings. The lowest BCUT2D eigenvalue weighted by molar-refractivity contribution is 0.242. The van der Waals surface area contributed by atoms with Crippen molar-refractivity contribution >= 4 is 10.0 Å². The Kier molecular flexibility index (Phi) is 6.08. The van der Waals surface area contributed by atoms with Crippen LogP contribution in [0.4, 0.5) is 0 Å². The lowest BCUT2D eigenvalue weighted by Gasteiger charge is -2.14. The van der Waals surface area contributed by atoms with Crippen molar-refractivity contribution in [1.29, 1.82) is 0 Å². The smallest absolute Gasteiger partial charge is 0.241 e. The number of sulfonamides is 1. The number of hydrogen-bond donors (Lipinski definition) is 1. The van der Waals surface area contributed by atoms with Crippen LogP contribution < -0.4 is 14.2 Å². The third kappa shape index (κ3) is 4.74. The zero-order valence-corrected chi connectivity index (χ0v) is 16.1. The molecule has 0 aliphatic heterocycles. The molecule has 0 bridgehead atoms. The second-order valence-corrected chi connectivity index (χ2v) is 7.89. The van der Waals surface area contributed by atoms with Crippen LogP contribution >= 0.6 is 0 Å². The highest BCUT2D eigenvalue weighted by Crippen LogP contribution is 2.26. The first-order valence-corrected chi connectivity index (χ1v) is 9.62. The summed E-state index contributed by atoms with van der Waals surface area (Å²) in [5.41, 5.74) is 2.37. The third-order valence-corrected chi connectivity index (χ3v) is 5.50. The summed E-state index contributed by atoms with van der Waals surface area (Å²) in [4.78, 5) is 0.269. The first kappa shape index (κ1) is 19.3. The van der Waals surface area contributed by atoms with Gasteiger partial charge in [-0.1, -0.05) is 12.1 Å². The Hall–Kier alpha value is -2.05. The number of rotatable bonds is 7. The molecule has 25 heavy (non-hydrogen) atoms. The van der Waals surface area contributed by atoms with E-state index in [1.54, 1.807) is 26.2 Å². The minimum Gasteiger partial charge on any atom is -0.496 e. The molecule has 0 aliphatic carbocycles. The van der Waals surface area contributed by atoms with Crippen LogP contribution in [0.1, 0.15) is 30.5 Å². The van der Waals surface area contributed by atoms with E-state index in [1.165, 1.54) is 0 Å². The molecule has 0 aromatic heterocycles. The number of methoxy groups -OCH3 is 1. The summed E-state index contributed by atoms with van der Waals surface area (Å²) in [7, 11) is -2.03. The van der Waals surface area contributed by atoms with E-state index in [0.29, 0.717) is 11.3 Å². The molecule has 6 heteroatoms. The van der Waals surface area contributed by atoms with Crippen molar-refractivity contribution in [2.24, 2.45) is 0 Å². The minimum atomic E-state index is -3.60. The SMILES string of the molecule is COc1ccc(S(=O)(=O)NCc2ccc(OC(C)C)cc2)c(C)c1C. The van der Waals surface area contributed by atoms with Crippen molar-refractivity contribution < 1.29 is 17.9 Å². The van der Waals surface area contributed by atoms with Gasteiger partial charge in [-0.3, -0.25) is 0 Å². The molecule has 2 rings (SSSR count). The van der Waals surface area contributed by atoms with E-state index in [1.807, 2.05) is 45.0 Å². The van der Waals surface area contributed by atoms with Gasteiger partial charge < -0.3 is 9.47 Å². The van der Waals surface area contributed by atoms with Crippen LogP contribution in [0.25, 0.3) is 0 Å². The Morgan fingerprint density at radius 1 is 1.00 bits per heavy atom. The van der Waals surface area contributed by atoms with E-state index in [-0.39, 0.29) is 17.5 Å². The first-order chi connectivity index (χ1) is 11.7. The average molecular weight is 363 g/mol. The molecule has 5 nitrogen and oxygen atoms in total. The van der Waals surface area contributed by atoms with E-state index in [2.05, 4.69) is 4.72 Å². The Morgan fingerprint density at radius 2 is 1.64 bits per heavy atom. The van der Waals surface area contributed by atoms with Crippen LogP contribution in [0, 0.1) is 13.8 Å². The highest BCUT2D eigenvalue weighted by molar-refractivity contribution is 7.89. The van der Waals surface area contributed by atoms with Gasteiger partial charge in [0, 0.05) is 6.54 Å². The highest BCUT2D eigenvalue weighted by Gasteiger charge is 2.19. The van der Waals surface area contributed by atoms with Crippen LogP contribution in [0.5, 0.6) is 11.5 Å². The Labute approximate surface area is 150 Å². The van der Waals surface area contributed by atoms with Crippen LogP contribution in [-0.4, -0.2) is 21.6 Å². The van der Waals surface area contributed by atoms with Gasteiger partial charge in [-0.05, 0) is 68.7 Å². The second-order valence-electron chi connectivity index (χ2n) is 6.15. The van der Waals surface area contributed by atoms with Crippen molar-refractivity contribution in [1.82, 2.24) is 4.72 Å². The van der Waals surface area contributed by atoms with Gasteiger partial charge >= 0.3 is 0 Å². The maximum atomic E-state index is 12.6. The number of ether oxygens (including phenoxy) is 2. The van der Waals surface area contributed by atoms with Gasteiger partial charge in [0.2, 0.25) is 10.0 Å². The van der Waals surface area contributed by atoms with Crippen molar-refractivity contribution in [3.8, 4) is 11.5 Å². The molecule has 0 atom stereocenters. The van der Waals surface area contributed by atoms with E-state index >= 15 is 0 Å². The molecule has 0 amide bonds. The zero-order chi connectivity index (χ0) is 18.6. The molecule has 136 valence electrons. The summed E-state index contributed by atoms with van der Waals surface area (Å²) < 4.78 is 38.7. The summed E-state index contributed by atoms with van der Waals surface area (Å²) in [6, 6.07) is 10.6. The molecular weight excluding hydrogens is 338 g/mol. The van der Waals surface area contributed by atoms with Crippen LogP contribution in [0.2, 0.25) is 0 Å². The predicted octanol–water partition coefficient (Wildman–Crippen LogP) is 3.58. The lowest BCUT2D eigenvalue weighted by Crippen LogP contribution is -2.24. The maximum absolute atomic E-state index is 12.6. The molecular formula is C19H25NO4S. The zero-order valence-electron chi connectivity index (χ0n) is 15.3. The van der Waals surface area contributed by atoms with Crippen molar-refractivity contribution in [3.05, 3.63) is 53.1 Å². The molecule has 2 aromatic rings. The summed E-state index contributed by atoms with van der Waals surface area (Å²) in [5, 5.41) is 0. The molecule has 0 heterocycles. The van der Waals surface area contributed by atoms with Crippen molar-refractivity contribution in [2.75, 3.05) is 7.11 Å². The summed E-state index contributed by atoms with van der Waals surface area (Å²) in [6.45, 7) is 7.77. The molecule has 0 saturated heterocycles. The molecule has 0 saturated carbocycles. The first-order valence-electron chi connectivity index (χ1n) is 8.14. The average Bonchev–Trinajstić information content (AvgIpc) is 2.56.